The molecule has 3 aromatic rings. The maximum absolute atomic E-state index is 13.5. The number of amides is 1. The molecular formula is C24H30FN3O3S. The van der Waals surface area contributed by atoms with Crippen LogP contribution in [0.15, 0.2) is 59.6 Å². The number of rotatable bonds is 11. The number of nitrogens with one attached hydrogen (secondary N) is 1. The molecule has 0 aliphatic rings. The Morgan fingerprint density at radius 2 is 1.84 bits per heavy atom. The third-order valence-corrected chi connectivity index (χ3v) is 7.22. The van der Waals surface area contributed by atoms with E-state index in [0.717, 1.165) is 26.1 Å². The number of nitrogens with zero attached hydrogens (tertiary/aromatic N) is 2. The number of hydrogen-bond donors (Lipinski definition) is 1. The predicted octanol–water partition coefficient (Wildman–Crippen LogP) is 3.60. The van der Waals surface area contributed by atoms with Crippen molar-refractivity contribution in [2.45, 2.75) is 37.5 Å². The molecule has 3 rings (SSSR count). The third kappa shape index (κ3) is 5.95. The van der Waals surface area contributed by atoms with Crippen LogP contribution in [-0.4, -0.2) is 50.0 Å². The van der Waals surface area contributed by atoms with Crippen LogP contribution in [0.5, 0.6) is 0 Å². The van der Waals surface area contributed by atoms with Gasteiger partial charge in [0.15, 0.2) is 9.84 Å². The summed E-state index contributed by atoms with van der Waals surface area (Å²) in [7, 11) is -3.73. The van der Waals surface area contributed by atoms with Crippen LogP contribution in [0.1, 0.15) is 25.8 Å². The van der Waals surface area contributed by atoms with Crippen molar-refractivity contribution in [1.29, 1.82) is 0 Å². The number of fused-ring (bicyclic) bond motifs is 1. The topological polar surface area (TPSA) is 71.4 Å². The number of benzene rings is 2. The molecule has 1 amide bonds. The van der Waals surface area contributed by atoms with Crippen LogP contribution in [-0.2, 0) is 26.9 Å². The third-order valence-electron chi connectivity index (χ3n) is 5.51. The van der Waals surface area contributed by atoms with Gasteiger partial charge in [0.1, 0.15) is 12.4 Å². The molecule has 6 nitrogen and oxygen atoms in total. The fourth-order valence-corrected chi connectivity index (χ4v) is 5.37. The number of hydrogen-bond acceptors (Lipinski definition) is 4. The molecule has 32 heavy (non-hydrogen) atoms. The number of halogens is 1. The van der Waals surface area contributed by atoms with E-state index < -0.39 is 15.7 Å². The monoisotopic (exact) mass is 459 g/mol. The highest BCUT2D eigenvalue weighted by molar-refractivity contribution is 7.90. The second-order valence-electron chi connectivity index (χ2n) is 7.76. The van der Waals surface area contributed by atoms with Gasteiger partial charge in [-0.25, -0.2) is 12.8 Å². The number of carbonyl (C=O) groups is 1. The van der Waals surface area contributed by atoms with Gasteiger partial charge in [-0.05, 0) is 49.8 Å². The van der Waals surface area contributed by atoms with Crippen molar-refractivity contribution in [1.82, 2.24) is 14.8 Å². The molecule has 0 fully saturated rings. The number of para-hydroxylation sites is 1. The molecule has 1 N–H and O–H groups in total. The molecule has 0 aliphatic heterocycles. The van der Waals surface area contributed by atoms with Gasteiger partial charge < -0.3 is 14.8 Å². The van der Waals surface area contributed by atoms with E-state index in [-0.39, 0.29) is 23.1 Å². The summed E-state index contributed by atoms with van der Waals surface area (Å²) in [6.45, 7) is 7.69. The van der Waals surface area contributed by atoms with E-state index in [1.165, 1.54) is 24.4 Å². The van der Waals surface area contributed by atoms with Crippen molar-refractivity contribution in [3.05, 3.63) is 66.1 Å². The SMILES string of the molecule is CCN(CC)CCCNC(=O)Cn1cc(S(=O)(=O)Cc2cccc(F)c2)c2ccccc21. The molecule has 1 heterocycles. The number of sulfone groups is 1. The van der Waals surface area contributed by atoms with Crippen LogP contribution in [0.25, 0.3) is 10.9 Å². The Morgan fingerprint density at radius 1 is 1.09 bits per heavy atom. The van der Waals surface area contributed by atoms with Crippen molar-refractivity contribution in [2.24, 2.45) is 0 Å². The first-order valence-electron chi connectivity index (χ1n) is 10.9. The highest BCUT2D eigenvalue weighted by Gasteiger charge is 2.22. The van der Waals surface area contributed by atoms with Gasteiger partial charge in [-0.2, -0.15) is 0 Å². The second kappa shape index (κ2) is 10.7. The quantitative estimate of drug-likeness (QED) is 0.445. The molecule has 172 valence electrons. The summed E-state index contributed by atoms with van der Waals surface area (Å²) < 4.78 is 41.4. The molecule has 0 radical (unpaired) electrons. The molecule has 1 aromatic heterocycles. The summed E-state index contributed by atoms with van der Waals surface area (Å²) >= 11 is 0. The van der Waals surface area contributed by atoms with Crippen LogP contribution in [0.4, 0.5) is 4.39 Å². The Labute approximate surface area is 189 Å². The fourth-order valence-electron chi connectivity index (χ4n) is 3.80. The molecule has 0 saturated heterocycles. The van der Waals surface area contributed by atoms with Crippen LogP contribution >= 0.6 is 0 Å². The van der Waals surface area contributed by atoms with Crippen molar-refractivity contribution >= 4 is 26.6 Å². The molecule has 0 bridgehead atoms. The summed E-state index contributed by atoms with van der Waals surface area (Å²) in [5.74, 6) is -0.951. The van der Waals surface area contributed by atoms with Crippen LogP contribution in [0.3, 0.4) is 0 Å². The Balaban J connectivity index is 1.75. The van der Waals surface area contributed by atoms with E-state index in [1.54, 1.807) is 28.8 Å². The molecule has 2 aromatic carbocycles. The van der Waals surface area contributed by atoms with E-state index >= 15 is 0 Å². The zero-order valence-electron chi connectivity index (χ0n) is 18.6. The van der Waals surface area contributed by atoms with E-state index in [0.29, 0.717) is 23.0 Å². The lowest BCUT2D eigenvalue weighted by Gasteiger charge is -2.17. The Hall–Kier alpha value is -2.71. The lowest BCUT2D eigenvalue weighted by atomic mass is 10.2. The zero-order valence-corrected chi connectivity index (χ0v) is 19.4. The molecule has 0 spiro atoms. The first-order chi connectivity index (χ1) is 15.3. The van der Waals surface area contributed by atoms with Crippen molar-refractivity contribution in [3.63, 3.8) is 0 Å². The summed E-state index contributed by atoms with van der Waals surface area (Å²) in [5.41, 5.74) is 1.05. The van der Waals surface area contributed by atoms with E-state index in [4.69, 9.17) is 0 Å². The van der Waals surface area contributed by atoms with Gasteiger partial charge in [-0.3, -0.25) is 4.79 Å². The zero-order chi connectivity index (χ0) is 23.1. The minimum absolute atomic E-state index is 0.0290. The Kier molecular flexibility index (Phi) is 8.04. The fraction of sp³-hybridized carbons (Fsp3) is 0.375. The maximum Gasteiger partial charge on any atom is 0.239 e. The minimum atomic E-state index is -3.73. The first kappa shape index (κ1) is 23.9. The maximum atomic E-state index is 13.5. The summed E-state index contributed by atoms with van der Waals surface area (Å²) in [5, 5.41) is 3.47. The summed E-state index contributed by atoms with van der Waals surface area (Å²) in [4.78, 5) is 14.9. The normalized spacial score (nSPS) is 11.9. The van der Waals surface area contributed by atoms with Crippen molar-refractivity contribution in [2.75, 3.05) is 26.2 Å². The van der Waals surface area contributed by atoms with Crippen molar-refractivity contribution in [3.8, 4) is 0 Å². The van der Waals surface area contributed by atoms with Crippen LogP contribution in [0, 0.1) is 5.82 Å². The average Bonchev–Trinajstić information content (AvgIpc) is 3.13. The predicted molar refractivity (Wildman–Crippen MR) is 125 cm³/mol. The second-order valence-corrected chi connectivity index (χ2v) is 9.72. The Morgan fingerprint density at radius 3 is 2.56 bits per heavy atom. The van der Waals surface area contributed by atoms with Gasteiger partial charge in [0.25, 0.3) is 0 Å². The standard InChI is InChI=1S/C24H30FN3O3S/c1-3-27(4-2)14-8-13-26-24(29)17-28-16-23(21-11-5-6-12-22(21)28)32(30,31)18-19-9-7-10-20(25)15-19/h5-7,9-12,15-16H,3-4,8,13-14,17-18H2,1-2H3,(H,26,29). The summed E-state index contributed by atoms with van der Waals surface area (Å²) in [6.07, 6.45) is 2.36. The largest absolute Gasteiger partial charge is 0.355 e. The van der Waals surface area contributed by atoms with Gasteiger partial charge in [-0.1, -0.05) is 44.2 Å². The molecule has 0 atom stereocenters. The Bertz CT molecular complexity index is 1170. The molecular weight excluding hydrogens is 429 g/mol. The van der Waals surface area contributed by atoms with E-state index in [1.807, 2.05) is 6.07 Å². The number of carbonyl (C=O) groups excluding carboxylic acids is 1. The molecule has 0 saturated carbocycles. The smallest absolute Gasteiger partial charge is 0.239 e. The van der Waals surface area contributed by atoms with Gasteiger partial charge in [0, 0.05) is 23.6 Å². The summed E-state index contributed by atoms with van der Waals surface area (Å²) in [6, 6.07) is 12.7. The highest BCUT2D eigenvalue weighted by Crippen LogP contribution is 2.28. The van der Waals surface area contributed by atoms with E-state index in [9.17, 15) is 17.6 Å². The van der Waals surface area contributed by atoms with Crippen LogP contribution < -0.4 is 5.32 Å². The van der Waals surface area contributed by atoms with Gasteiger partial charge >= 0.3 is 0 Å². The molecule has 0 unspecified atom stereocenters. The first-order valence-corrected chi connectivity index (χ1v) is 12.5. The lowest BCUT2D eigenvalue weighted by molar-refractivity contribution is -0.121. The van der Waals surface area contributed by atoms with Gasteiger partial charge in [0.05, 0.1) is 10.6 Å². The van der Waals surface area contributed by atoms with Crippen molar-refractivity contribution < 1.29 is 17.6 Å². The molecule has 0 aliphatic carbocycles. The highest BCUT2D eigenvalue weighted by atomic mass is 32.2. The van der Waals surface area contributed by atoms with E-state index in [2.05, 4.69) is 24.1 Å². The minimum Gasteiger partial charge on any atom is -0.355 e. The number of aromatic nitrogens is 1. The van der Waals surface area contributed by atoms with Gasteiger partial charge in [0.2, 0.25) is 5.91 Å². The van der Waals surface area contributed by atoms with Crippen LogP contribution in [0.2, 0.25) is 0 Å². The lowest BCUT2D eigenvalue weighted by Crippen LogP contribution is -2.31. The van der Waals surface area contributed by atoms with Gasteiger partial charge in [-0.15, -0.1) is 0 Å². The average molecular weight is 460 g/mol. The molecule has 8 heteroatoms.